The zero-order valence-electron chi connectivity index (χ0n) is 12.0. The summed E-state index contributed by atoms with van der Waals surface area (Å²) in [5.41, 5.74) is 0.694. The second-order valence-corrected chi connectivity index (χ2v) is 5.12. The van der Waals surface area contributed by atoms with Crippen LogP contribution < -0.4 is 10.9 Å². The standard InChI is InChI=1S/C14H24N2O3/c1-4-14(2,11-17)10-15-12-5-6-13(18)16(9-12)7-8-19-3/h5-6,9,15,17H,4,7-8,10-11H2,1-3H3. The fourth-order valence-electron chi connectivity index (χ4n) is 1.61. The summed E-state index contributed by atoms with van der Waals surface area (Å²) in [6, 6.07) is 3.30. The molecule has 108 valence electrons. The van der Waals surface area contributed by atoms with Gasteiger partial charge in [0.1, 0.15) is 0 Å². The molecule has 1 aromatic rings. The summed E-state index contributed by atoms with van der Waals surface area (Å²) in [6.45, 7) is 5.93. The smallest absolute Gasteiger partial charge is 0.250 e. The minimum absolute atomic E-state index is 0.0389. The van der Waals surface area contributed by atoms with Crippen molar-refractivity contribution in [3.63, 3.8) is 0 Å². The first-order chi connectivity index (χ1) is 9.04. The Labute approximate surface area is 114 Å². The Bertz CT molecular complexity index is 439. The molecule has 19 heavy (non-hydrogen) atoms. The molecule has 1 rings (SSSR count). The first-order valence-electron chi connectivity index (χ1n) is 6.59. The summed E-state index contributed by atoms with van der Waals surface area (Å²) in [5.74, 6) is 0. The van der Waals surface area contributed by atoms with Gasteiger partial charge in [0.05, 0.1) is 18.9 Å². The third-order valence-corrected chi connectivity index (χ3v) is 3.47. The lowest BCUT2D eigenvalue weighted by Gasteiger charge is -2.26. The lowest BCUT2D eigenvalue weighted by Crippen LogP contribution is -2.30. The number of hydrogen-bond donors (Lipinski definition) is 2. The van der Waals surface area contributed by atoms with Gasteiger partial charge in [-0.15, -0.1) is 0 Å². The lowest BCUT2D eigenvalue weighted by atomic mass is 9.88. The Hall–Kier alpha value is -1.33. The number of anilines is 1. The van der Waals surface area contributed by atoms with Crippen molar-refractivity contribution in [3.05, 3.63) is 28.7 Å². The summed E-state index contributed by atoms with van der Waals surface area (Å²) in [6.07, 6.45) is 2.68. The van der Waals surface area contributed by atoms with E-state index in [9.17, 15) is 9.90 Å². The molecule has 0 radical (unpaired) electrons. The van der Waals surface area contributed by atoms with E-state index in [0.29, 0.717) is 19.7 Å². The van der Waals surface area contributed by atoms with Crippen LogP contribution in [0, 0.1) is 5.41 Å². The number of aliphatic hydroxyl groups is 1. The lowest BCUT2D eigenvalue weighted by molar-refractivity contribution is 0.149. The Morgan fingerprint density at radius 3 is 2.79 bits per heavy atom. The summed E-state index contributed by atoms with van der Waals surface area (Å²) in [4.78, 5) is 11.6. The number of methoxy groups -OCH3 is 1. The second kappa shape index (κ2) is 7.31. The zero-order chi connectivity index (χ0) is 14.3. The molecule has 0 amide bonds. The van der Waals surface area contributed by atoms with E-state index in [4.69, 9.17) is 4.74 Å². The zero-order valence-corrected chi connectivity index (χ0v) is 12.0. The van der Waals surface area contributed by atoms with Crippen molar-refractivity contribution in [3.8, 4) is 0 Å². The molecule has 1 aromatic heterocycles. The van der Waals surface area contributed by atoms with Crippen molar-refractivity contribution in [2.45, 2.75) is 26.8 Å². The second-order valence-electron chi connectivity index (χ2n) is 5.12. The molecule has 0 saturated carbocycles. The fraction of sp³-hybridized carbons (Fsp3) is 0.643. The van der Waals surface area contributed by atoms with E-state index in [1.165, 1.54) is 0 Å². The highest BCUT2D eigenvalue weighted by atomic mass is 16.5. The Morgan fingerprint density at radius 1 is 1.47 bits per heavy atom. The Morgan fingerprint density at radius 2 is 2.21 bits per heavy atom. The van der Waals surface area contributed by atoms with E-state index in [1.807, 2.05) is 6.92 Å². The van der Waals surface area contributed by atoms with Crippen LogP contribution in [-0.4, -0.2) is 36.5 Å². The van der Waals surface area contributed by atoms with Crippen molar-refractivity contribution >= 4 is 5.69 Å². The highest BCUT2D eigenvalue weighted by Gasteiger charge is 2.20. The third-order valence-electron chi connectivity index (χ3n) is 3.47. The molecule has 1 atom stereocenters. The van der Waals surface area contributed by atoms with E-state index in [0.717, 1.165) is 12.1 Å². The maximum atomic E-state index is 11.6. The van der Waals surface area contributed by atoms with E-state index in [-0.39, 0.29) is 17.6 Å². The molecule has 2 N–H and O–H groups in total. The van der Waals surface area contributed by atoms with Gasteiger partial charge in [-0.2, -0.15) is 0 Å². The Balaban J connectivity index is 2.71. The monoisotopic (exact) mass is 268 g/mol. The maximum absolute atomic E-state index is 11.6. The molecule has 0 aliphatic carbocycles. The first kappa shape index (κ1) is 15.7. The van der Waals surface area contributed by atoms with E-state index in [1.54, 1.807) is 30.0 Å². The minimum atomic E-state index is -0.145. The summed E-state index contributed by atoms with van der Waals surface area (Å²) in [7, 11) is 1.61. The van der Waals surface area contributed by atoms with Gasteiger partial charge >= 0.3 is 0 Å². The molecule has 0 bridgehead atoms. The molecule has 0 fully saturated rings. The van der Waals surface area contributed by atoms with Crippen LogP contribution in [0.2, 0.25) is 0 Å². The van der Waals surface area contributed by atoms with E-state index >= 15 is 0 Å². The van der Waals surface area contributed by atoms with Crippen LogP contribution in [0.5, 0.6) is 0 Å². The number of aliphatic hydroxyl groups excluding tert-OH is 1. The quantitative estimate of drug-likeness (QED) is 0.746. The predicted octanol–water partition coefficient (Wildman–Crippen LogP) is 1.32. The van der Waals surface area contributed by atoms with E-state index in [2.05, 4.69) is 12.2 Å². The minimum Gasteiger partial charge on any atom is -0.396 e. The summed E-state index contributed by atoms with van der Waals surface area (Å²) in [5, 5.41) is 12.6. The van der Waals surface area contributed by atoms with Gasteiger partial charge in [-0.1, -0.05) is 13.8 Å². The number of nitrogens with one attached hydrogen (secondary N) is 1. The average Bonchev–Trinajstić information content (AvgIpc) is 2.44. The van der Waals surface area contributed by atoms with Crippen molar-refractivity contribution in [2.24, 2.45) is 5.41 Å². The van der Waals surface area contributed by atoms with Crippen LogP contribution in [0.25, 0.3) is 0 Å². The van der Waals surface area contributed by atoms with Crippen LogP contribution >= 0.6 is 0 Å². The van der Waals surface area contributed by atoms with Gasteiger partial charge in [0.25, 0.3) is 5.56 Å². The van der Waals surface area contributed by atoms with Gasteiger partial charge in [0.15, 0.2) is 0 Å². The number of hydrogen-bond acceptors (Lipinski definition) is 4. The molecule has 1 unspecified atom stereocenters. The van der Waals surface area contributed by atoms with Crippen molar-refractivity contribution in [2.75, 3.05) is 32.2 Å². The van der Waals surface area contributed by atoms with Gasteiger partial charge in [0, 0.05) is 37.9 Å². The molecule has 5 nitrogen and oxygen atoms in total. The SMILES string of the molecule is CCC(C)(CO)CNc1ccc(=O)n(CCOC)c1. The van der Waals surface area contributed by atoms with Crippen molar-refractivity contribution < 1.29 is 9.84 Å². The molecular weight excluding hydrogens is 244 g/mol. The van der Waals surface area contributed by atoms with Crippen LogP contribution in [0.15, 0.2) is 23.1 Å². The number of pyridine rings is 1. The van der Waals surface area contributed by atoms with Gasteiger partial charge in [-0.3, -0.25) is 4.79 Å². The molecule has 0 spiro atoms. The van der Waals surface area contributed by atoms with Gasteiger partial charge < -0.3 is 19.7 Å². The molecular formula is C14H24N2O3. The largest absolute Gasteiger partial charge is 0.396 e. The normalized spacial score (nSPS) is 14.1. The first-order valence-corrected chi connectivity index (χ1v) is 6.59. The maximum Gasteiger partial charge on any atom is 0.250 e. The molecule has 5 heteroatoms. The third kappa shape index (κ3) is 4.69. The van der Waals surface area contributed by atoms with Crippen LogP contribution in [-0.2, 0) is 11.3 Å². The van der Waals surface area contributed by atoms with Crippen molar-refractivity contribution in [1.82, 2.24) is 4.57 Å². The topological polar surface area (TPSA) is 63.5 Å². The highest BCUT2D eigenvalue weighted by Crippen LogP contribution is 2.20. The molecule has 0 aliphatic heterocycles. The van der Waals surface area contributed by atoms with E-state index < -0.39 is 0 Å². The van der Waals surface area contributed by atoms with Gasteiger partial charge in [0.2, 0.25) is 0 Å². The number of nitrogens with zero attached hydrogens (tertiary/aromatic N) is 1. The average molecular weight is 268 g/mol. The predicted molar refractivity (Wildman–Crippen MR) is 76.6 cm³/mol. The fourth-order valence-corrected chi connectivity index (χ4v) is 1.61. The van der Waals surface area contributed by atoms with Crippen molar-refractivity contribution in [1.29, 1.82) is 0 Å². The Kier molecular flexibility index (Phi) is 6.05. The van der Waals surface area contributed by atoms with Crippen LogP contribution in [0.4, 0.5) is 5.69 Å². The van der Waals surface area contributed by atoms with Gasteiger partial charge in [-0.05, 0) is 12.5 Å². The number of aromatic nitrogens is 1. The molecule has 0 aliphatic rings. The highest BCUT2D eigenvalue weighted by molar-refractivity contribution is 5.40. The number of ether oxygens (including phenoxy) is 1. The summed E-state index contributed by atoms with van der Waals surface area (Å²) < 4.78 is 6.60. The summed E-state index contributed by atoms with van der Waals surface area (Å²) >= 11 is 0. The van der Waals surface area contributed by atoms with Gasteiger partial charge in [-0.25, -0.2) is 0 Å². The van der Waals surface area contributed by atoms with Crippen LogP contribution in [0.3, 0.4) is 0 Å². The molecule has 1 heterocycles. The van der Waals surface area contributed by atoms with Crippen LogP contribution in [0.1, 0.15) is 20.3 Å². The number of rotatable bonds is 8. The molecule has 0 aromatic carbocycles. The molecule has 0 saturated heterocycles.